The fourth-order valence-corrected chi connectivity index (χ4v) is 2.49. The molecule has 2 N–H and O–H groups in total. The lowest BCUT2D eigenvalue weighted by Gasteiger charge is -2.23. The Balaban J connectivity index is 1.65. The number of hydrogen-bond donors (Lipinski definition) is 2. The smallest absolute Gasteiger partial charge is 0.202 e. The van der Waals surface area contributed by atoms with Gasteiger partial charge >= 0.3 is 0 Å². The van der Waals surface area contributed by atoms with Gasteiger partial charge in [0.15, 0.2) is 0 Å². The lowest BCUT2D eigenvalue weighted by atomic mass is 10.0. The van der Waals surface area contributed by atoms with E-state index in [0.29, 0.717) is 6.04 Å². The van der Waals surface area contributed by atoms with Crippen molar-refractivity contribution in [1.82, 2.24) is 14.7 Å². The number of aromatic nitrogens is 2. The molecule has 0 spiro atoms. The van der Waals surface area contributed by atoms with Crippen LogP contribution in [-0.4, -0.2) is 28.5 Å². The molecule has 0 radical (unpaired) electrons. The van der Waals surface area contributed by atoms with Gasteiger partial charge in [-0.3, -0.25) is 0 Å². The van der Waals surface area contributed by atoms with E-state index in [1.54, 1.807) is 0 Å². The molecular formula is C10H18N4S. The van der Waals surface area contributed by atoms with Gasteiger partial charge in [-0.1, -0.05) is 6.42 Å². The monoisotopic (exact) mass is 226 g/mol. The van der Waals surface area contributed by atoms with E-state index in [1.807, 2.05) is 6.92 Å². The summed E-state index contributed by atoms with van der Waals surface area (Å²) >= 11 is 1.44. The number of nitrogens with zero attached hydrogens (tertiary/aromatic N) is 2. The van der Waals surface area contributed by atoms with E-state index in [4.69, 9.17) is 0 Å². The summed E-state index contributed by atoms with van der Waals surface area (Å²) in [5.74, 6) is 0.860. The highest BCUT2D eigenvalue weighted by atomic mass is 32.1. The van der Waals surface area contributed by atoms with Crippen LogP contribution >= 0.6 is 11.5 Å². The maximum absolute atomic E-state index is 4.27. The van der Waals surface area contributed by atoms with Crippen LogP contribution in [0.15, 0.2) is 0 Å². The Bertz CT molecular complexity index is 293. The number of aryl methyl sites for hydroxylation is 1. The van der Waals surface area contributed by atoms with Crippen molar-refractivity contribution in [1.29, 1.82) is 0 Å². The van der Waals surface area contributed by atoms with E-state index < -0.39 is 0 Å². The molecule has 1 atom stereocenters. The number of piperidine rings is 1. The molecule has 1 aliphatic rings. The van der Waals surface area contributed by atoms with Crippen molar-refractivity contribution >= 4 is 16.7 Å². The van der Waals surface area contributed by atoms with Gasteiger partial charge in [0.05, 0.1) is 0 Å². The van der Waals surface area contributed by atoms with E-state index in [0.717, 1.165) is 17.5 Å². The first-order valence-electron chi connectivity index (χ1n) is 5.62. The van der Waals surface area contributed by atoms with Crippen LogP contribution in [0.4, 0.5) is 5.13 Å². The topological polar surface area (TPSA) is 49.8 Å². The SMILES string of the molecule is Cc1nsc(NCCC2CCCCN2)n1. The van der Waals surface area contributed by atoms with Crippen molar-refractivity contribution < 1.29 is 0 Å². The van der Waals surface area contributed by atoms with Crippen molar-refractivity contribution in [2.24, 2.45) is 0 Å². The molecule has 1 saturated heterocycles. The van der Waals surface area contributed by atoms with Gasteiger partial charge in [-0.2, -0.15) is 4.37 Å². The van der Waals surface area contributed by atoms with Crippen molar-refractivity contribution in [2.45, 2.75) is 38.6 Å². The largest absolute Gasteiger partial charge is 0.360 e. The summed E-state index contributed by atoms with van der Waals surface area (Å²) in [6, 6.07) is 0.695. The standard InChI is InChI=1S/C10H18N4S/c1-8-13-10(15-14-8)12-7-5-9-4-2-3-6-11-9/h9,11H,2-7H2,1H3,(H,12,13,14). The molecule has 2 heterocycles. The third kappa shape index (κ3) is 3.43. The first-order chi connectivity index (χ1) is 7.34. The van der Waals surface area contributed by atoms with Gasteiger partial charge in [0, 0.05) is 24.1 Å². The molecule has 1 aromatic heterocycles. The van der Waals surface area contributed by atoms with Crippen LogP contribution in [0.3, 0.4) is 0 Å². The summed E-state index contributed by atoms with van der Waals surface area (Å²) in [4.78, 5) is 4.27. The average molecular weight is 226 g/mol. The van der Waals surface area contributed by atoms with Crippen LogP contribution in [0.1, 0.15) is 31.5 Å². The molecule has 84 valence electrons. The summed E-state index contributed by atoms with van der Waals surface area (Å²) in [5.41, 5.74) is 0. The summed E-state index contributed by atoms with van der Waals surface area (Å²) in [7, 11) is 0. The lowest BCUT2D eigenvalue weighted by Crippen LogP contribution is -2.35. The van der Waals surface area contributed by atoms with E-state index in [1.165, 1.54) is 43.8 Å². The van der Waals surface area contributed by atoms with Gasteiger partial charge in [0.25, 0.3) is 0 Å². The molecule has 5 heteroatoms. The molecule has 0 bridgehead atoms. The number of hydrogen-bond acceptors (Lipinski definition) is 5. The van der Waals surface area contributed by atoms with Gasteiger partial charge in [-0.25, -0.2) is 4.98 Å². The Labute approximate surface area is 94.7 Å². The molecule has 1 unspecified atom stereocenters. The second-order valence-electron chi connectivity index (χ2n) is 4.01. The Kier molecular flexibility index (Phi) is 3.91. The lowest BCUT2D eigenvalue weighted by molar-refractivity contribution is 0.389. The van der Waals surface area contributed by atoms with Gasteiger partial charge in [-0.15, -0.1) is 0 Å². The predicted molar refractivity (Wildman–Crippen MR) is 63.4 cm³/mol. The normalized spacial score (nSPS) is 21.5. The minimum atomic E-state index is 0.695. The molecular weight excluding hydrogens is 208 g/mol. The fraction of sp³-hybridized carbons (Fsp3) is 0.800. The van der Waals surface area contributed by atoms with E-state index in [2.05, 4.69) is 20.0 Å². The first kappa shape index (κ1) is 10.8. The van der Waals surface area contributed by atoms with Gasteiger partial charge in [0.2, 0.25) is 5.13 Å². The molecule has 2 rings (SSSR count). The molecule has 1 aliphatic heterocycles. The number of nitrogens with one attached hydrogen (secondary N) is 2. The average Bonchev–Trinajstić information content (AvgIpc) is 2.66. The third-order valence-electron chi connectivity index (χ3n) is 2.71. The Morgan fingerprint density at radius 3 is 3.13 bits per heavy atom. The third-order valence-corrected chi connectivity index (χ3v) is 3.47. The Morgan fingerprint density at radius 1 is 1.53 bits per heavy atom. The maximum atomic E-state index is 4.27. The van der Waals surface area contributed by atoms with Crippen LogP contribution in [0.2, 0.25) is 0 Å². The maximum Gasteiger partial charge on any atom is 0.202 e. The number of anilines is 1. The predicted octanol–water partition coefficient (Wildman–Crippen LogP) is 1.79. The zero-order valence-corrected chi connectivity index (χ0v) is 9.94. The highest BCUT2D eigenvalue weighted by Gasteiger charge is 2.11. The summed E-state index contributed by atoms with van der Waals surface area (Å²) in [5, 5.41) is 7.80. The van der Waals surface area contributed by atoms with Gasteiger partial charge in [0.1, 0.15) is 5.82 Å². The summed E-state index contributed by atoms with van der Waals surface area (Å²) < 4.78 is 4.13. The minimum absolute atomic E-state index is 0.695. The summed E-state index contributed by atoms with van der Waals surface area (Å²) in [6.07, 6.45) is 5.20. The number of rotatable bonds is 4. The highest BCUT2D eigenvalue weighted by molar-refractivity contribution is 7.09. The van der Waals surface area contributed by atoms with Crippen LogP contribution in [0.5, 0.6) is 0 Å². The molecule has 15 heavy (non-hydrogen) atoms. The van der Waals surface area contributed by atoms with E-state index in [9.17, 15) is 0 Å². The molecule has 0 aromatic carbocycles. The second kappa shape index (κ2) is 5.42. The van der Waals surface area contributed by atoms with Crippen molar-refractivity contribution in [3.8, 4) is 0 Å². The van der Waals surface area contributed by atoms with Crippen molar-refractivity contribution in [3.63, 3.8) is 0 Å². The molecule has 0 saturated carbocycles. The highest BCUT2D eigenvalue weighted by Crippen LogP contribution is 2.12. The van der Waals surface area contributed by atoms with Crippen LogP contribution in [-0.2, 0) is 0 Å². The van der Waals surface area contributed by atoms with E-state index >= 15 is 0 Å². The molecule has 1 aromatic rings. The first-order valence-corrected chi connectivity index (χ1v) is 6.39. The van der Waals surface area contributed by atoms with Crippen LogP contribution in [0.25, 0.3) is 0 Å². The zero-order valence-electron chi connectivity index (χ0n) is 9.12. The van der Waals surface area contributed by atoms with Crippen LogP contribution in [0, 0.1) is 6.92 Å². The van der Waals surface area contributed by atoms with Crippen molar-refractivity contribution in [3.05, 3.63) is 5.82 Å². The summed E-state index contributed by atoms with van der Waals surface area (Å²) in [6.45, 7) is 4.10. The Hall–Kier alpha value is -0.680. The zero-order chi connectivity index (χ0) is 10.5. The molecule has 1 fully saturated rings. The molecule has 4 nitrogen and oxygen atoms in total. The Morgan fingerprint density at radius 2 is 2.47 bits per heavy atom. The molecule has 0 aliphatic carbocycles. The quantitative estimate of drug-likeness (QED) is 0.822. The van der Waals surface area contributed by atoms with Crippen molar-refractivity contribution in [2.75, 3.05) is 18.4 Å². The van der Waals surface area contributed by atoms with Gasteiger partial charge < -0.3 is 10.6 Å². The minimum Gasteiger partial charge on any atom is -0.360 e. The fourth-order valence-electron chi connectivity index (χ4n) is 1.89. The van der Waals surface area contributed by atoms with Gasteiger partial charge in [-0.05, 0) is 32.7 Å². The second-order valence-corrected chi connectivity index (χ2v) is 4.76. The van der Waals surface area contributed by atoms with E-state index in [-0.39, 0.29) is 0 Å². The molecule has 0 amide bonds. The van der Waals surface area contributed by atoms with Crippen LogP contribution < -0.4 is 10.6 Å².